The van der Waals surface area contributed by atoms with Gasteiger partial charge in [-0.3, -0.25) is 0 Å². The maximum absolute atomic E-state index is 5.75. The molecule has 0 amide bonds. The zero-order valence-corrected chi connectivity index (χ0v) is 11.3. The van der Waals surface area contributed by atoms with Crippen LogP contribution in [0.15, 0.2) is 18.3 Å². The van der Waals surface area contributed by atoms with Crippen molar-refractivity contribution >= 4 is 5.82 Å². The second-order valence-electron chi connectivity index (χ2n) is 5.09. The Kier molecular flexibility index (Phi) is 4.81. The zero-order valence-electron chi connectivity index (χ0n) is 11.3. The molecule has 0 atom stereocenters. The van der Waals surface area contributed by atoms with Crippen LogP contribution >= 0.6 is 0 Å². The lowest BCUT2D eigenvalue weighted by molar-refractivity contribution is 0.242. The number of nitrogens with zero attached hydrogens (tertiary/aromatic N) is 1. The van der Waals surface area contributed by atoms with E-state index in [1.807, 2.05) is 26.0 Å². The summed E-state index contributed by atoms with van der Waals surface area (Å²) in [4.78, 5) is 4.36. The molecule has 4 heteroatoms. The van der Waals surface area contributed by atoms with Crippen molar-refractivity contribution < 1.29 is 4.74 Å². The third kappa shape index (κ3) is 3.88. The maximum Gasteiger partial charge on any atom is 0.168 e. The molecule has 1 saturated heterocycles. The van der Waals surface area contributed by atoms with Crippen molar-refractivity contribution in [3.8, 4) is 5.75 Å². The first-order valence-corrected chi connectivity index (χ1v) is 6.82. The molecule has 1 aromatic heterocycles. The van der Waals surface area contributed by atoms with Gasteiger partial charge in [0.2, 0.25) is 0 Å². The van der Waals surface area contributed by atoms with E-state index >= 15 is 0 Å². The minimum Gasteiger partial charge on any atom is -0.487 e. The number of ether oxygens (including phenoxy) is 1. The van der Waals surface area contributed by atoms with Crippen LogP contribution in [-0.2, 0) is 0 Å². The summed E-state index contributed by atoms with van der Waals surface area (Å²) in [5.41, 5.74) is 0. The van der Waals surface area contributed by atoms with Crippen LogP contribution in [0.1, 0.15) is 26.7 Å². The van der Waals surface area contributed by atoms with E-state index in [1.54, 1.807) is 6.20 Å². The standard InChI is InChI=1S/C14H23N3O/c1-11(2)18-13-4-3-7-16-14(13)17-10-12-5-8-15-9-6-12/h3-4,7,11-12,15H,5-6,8-10H2,1-2H3,(H,16,17). The molecule has 0 radical (unpaired) electrons. The predicted molar refractivity (Wildman–Crippen MR) is 74.1 cm³/mol. The van der Waals surface area contributed by atoms with Crippen molar-refractivity contribution in [2.45, 2.75) is 32.8 Å². The summed E-state index contributed by atoms with van der Waals surface area (Å²) in [6.07, 6.45) is 4.45. The van der Waals surface area contributed by atoms with Gasteiger partial charge in [0, 0.05) is 12.7 Å². The van der Waals surface area contributed by atoms with Crippen molar-refractivity contribution in [2.24, 2.45) is 5.92 Å². The summed E-state index contributed by atoms with van der Waals surface area (Å²) in [5.74, 6) is 2.45. The van der Waals surface area contributed by atoms with Crippen LogP contribution in [0, 0.1) is 5.92 Å². The fraction of sp³-hybridized carbons (Fsp3) is 0.643. The minimum atomic E-state index is 0.175. The molecule has 4 nitrogen and oxygen atoms in total. The SMILES string of the molecule is CC(C)Oc1cccnc1NCC1CCNCC1. The average molecular weight is 249 g/mol. The highest BCUT2D eigenvalue weighted by Gasteiger charge is 2.14. The molecule has 2 heterocycles. The summed E-state index contributed by atoms with van der Waals surface area (Å²) in [5, 5.41) is 6.81. The van der Waals surface area contributed by atoms with E-state index in [0.29, 0.717) is 0 Å². The molecule has 2 rings (SSSR count). The Balaban J connectivity index is 1.91. The first-order valence-electron chi connectivity index (χ1n) is 6.82. The van der Waals surface area contributed by atoms with Crippen LogP contribution < -0.4 is 15.4 Å². The largest absolute Gasteiger partial charge is 0.487 e. The van der Waals surface area contributed by atoms with Gasteiger partial charge < -0.3 is 15.4 Å². The molecule has 1 aliphatic heterocycles. The van der Waals surface area contributed by atoms with E-state index < -0.39 is 0 Å². The normalized spacial score (nSPS) is 16.8. The van der Waals surface area contributed by atoms with E-state index in [9.17, 15) is 0 Å². The molecule has 1 fully saturated rings. The van der Waals surface area contributed by atoms with Gasteiger partial charge in [-0.05, 0) is 57.8 Å². The monoisotopic (exact) mass is 249 g/mol. The fourth-order valence-electron chi connectivity index (χ4n) is 2.20. The number of pyridine rings is 1. The maximum atomic E-state index is 5.75. The zero-order chi connectivity index (χ0) is 12.8. The Morgan fingerprint density at radius 1 is 1.44 bits per heavy atom. The van der Waals surface area contributed by atoms with E-state index in [-0.39, 0.29) is 6.10 Å². The summed E-state index contributed by atoms with van der Waals surface area (Å²) < 4.78 is 5.75. The van der Waals surface area contributed by atoms with E-state index in [0.717, 1.165) is 37.1 Å². The van der Waals surface area contributed by atoms with Gasteiger partial charge in [-0.25, -0.2) is 4.98 Å². The van der Waals surface area contributed by atoms with Crippen LogP contribution in [0.4, 0.5) is 5.82 Å². The highest BCUT2D eigenvalue weighted by Crippen LogP contribution is 2.23. The Labute approximate surface area is 109 Å². The summed E-state index contributed by atoms with van der Waals surface area (Å²) in [6.45, 7) is 7.30. The van der Waals surface area contributed by atoms with Crippen LogP contribution in [0.25, 0.3) is 0 Å². The molecule has 1 aliphatic rings. The third-order valence-electron chi connectivity index (χ3n) is 3.15. The Morgan fingerprint density at radius 3 is 2.94 bits per heavy atom. The summed E-state index contributed by atoms with van der Waals surface area (Å²) in [6, 6.07) is 3.88. The predicted octanol–water partition coefficient (Wildman–Crippen LogP) is 2.28. The van der Waals surface area contributed by atoms with Crippen LogP contribution in [-0.4, -0.2) is 30.7 Å². The lowest BCUT2D eigenvalue weighted by atomic mass is 9.98. The highest BCUT2D eigenvalue weighted by atomic mass is 16.5. The van der Waals surface area contributed by atoms with Crippen molar-refractivity contribution in [3.63, 3.8) is 0 Å². The van der Waals surface area contributed by atoms with Gasteiger partial charge in [0.05, 0.1) is 6.10 Å². The number of hydrogen-bond acceptors (Lipinski definition) is 4. The Bertz CT molecular complexity index is 362. The number of rotatable bonds is 5. The molecule has 1 aromatic rings. The first kappa shape index (κ1) is 13.1. The quantitative estimate of drug-likeness (QED) is 0.840. The van der Waals surface area contributed by atoms with Crippen molar-refractivity contribution in [3.05, 3.63) is 18.3 Å². The van der Waals surface area contributed by atoms with E-state index in [1.165, 1.54) is 12.8 Å². The Morgan fingerprint density at radius 2 is 2.22 bits per heavy atom. The number of nitrogens with one attached hydrogen (secondary N) is 2. The molecular formula is C14H23N3O. The van der Waals surface area contributed by atoms with Crippen LogP contribution in [0.3, 0.4) is 0 Å². The van der Waals surface area contributed by atoms with Gasteiger partial charge in [0.1, 0.15) is 0 Å². The molecule has 0 aromatic carbocycles. The van der Waals surface area contributed by atoms with E-state index in [4.69, 9.17) is 4.74 Å². The smallest absolute Gasteiger partial charge is 0.168 e. The number of anilines is 1. The molecular weight excluding hydrogens is 226 g/mol. The molecule has 0 saturated carbocycles. The molecule has 0 spiro atoms. The molecule has 18 heavy (non-hydrogen) atoms. The fourth-order valence-corrected chi connectivity index (χ4v) is 2.20. The average Bonchev–Trinajstić information content (AvgIpc) is 2.38. The highest BCUT2D eigenvalue weighted by molar-refractivity contribution is 5.49. The van der Waals surface area contributed by atoms with Crippen LogP contribution in [0.2, 0.25) is 0 Å². The molecule has 100 valence electrons. The Hall–Kier alpha value is -1.29. The van der Waals surface area contributed by atoms with Crippen molar-refractivity contribution in [2.75, 3.05) is 25.0 Å². The van der Waals surface area contributed by atoms with Gasteiger partial charge >= 0.3 is 0 Å². The molecule has 0 unspecified atom stereocenters. The van der Waals surface area contributed by atoms with Gasteiger partial charge in [-0.15, -0.1) is 0 Å². The molecule has 0 aliphatic carbocycles. The van der Waals surface area contributed by atoms with Gasteiger partial charge in [0.15, 0.2) is 11.6 Å². The summed E-state index contributed by atoms with van der Waals surface area (Å²) in [7, 11) is 0. The second-order valence-corrected chi connectivity index (χ2v) is 5.09. The number of piperidine rings is 1. The van der Waals surface area contributed by atoms with Gasteiger partial charge in [-0.1, -0.05) is 0 Å². The molecule has 0 bridgehead atoms. The third-order valence-corrected chi connectivity index (χ3v) is 3.15. The lowest BCUT2D eigenvalue weighted by Crippen LogP contribution is -2.31. The van der Waals surface area contributed by atoms with Crippen LogP contribution in [0.5, 0.6) is 5.75 Å². The minimum absolute atomic E-state index is 0.175. The number of hydrogen-bond donors (Lipinski definition) is 2. The summed E-state index contributed by atoms with van der Waals surface area (Å²) >= 11 is 0. The number of aromatic nitrogens is 1. The van der Waals surface area contributed by atoms with Gasteiger partial charge in [0.25, 0.3) is 0 Å². The topological polar surface area (TPSA) is 46.2 Å². The second kappa shape index (κ2) is 6.59. The van der Waals surface area contributed by atoms with Crippen molar-refractivity contribution in [1.29, 1.82) is 0 Å². The lowest BCUT2D eigenvalue weighted by Gasteiger charge is -2.23. The first-order chi connectivity index (χ1) is 8.75. The molecule has 2 N–H and O–H groups in total. The van der Waals surface area contributed by atoms with Gasteiger partial charge in [-0.2, -0.15) is 0 Å². The van der Waals surface area contributed by atoms with E-state index in [2.05, 4.69) is 15.6 Å². The van der Waals surface area contributed by atoms with Crippen molar-refractivity contribution in [1.82, 2.24) is 10.3 Å².